The molecule has 1 heterocycles. The second-order valence-corrected chi connectivity index (χ2v) is 9.32. The Balaban J connectivity index is 2.20. The Kier molecular flexibility index (Phi) is 7.10. The summed E-state index contributed by atoms with van der Waals surface area (Å²) in [6, 6.07) is 7.40. The van der Waals surface area contributed by atoms with Gasteiger partial charge in [0.05, 0.1) is 28.1 Å². The molecule has 1 amide bonds. The van der Waals surface area contributed by atoms with Crippen LogP contribution < -0.4 is 21.2 Å². The van der Waals surface area contributed by atoms with Crippen molar-refractivity contribution in [3.63, 3.8) is 0 Å². The predicted octanol–water partition coefficient (Wildman–Crippen LogP) is 2.35. The second kappa shape index (κ2) is 9.49. The quantitative estimate of drug-likeness (QED) is 0.493. The number of carbonyl (C=O) groups excluding carboxylic acids is 1. The summed E-state index contributed by atoms with van der Waals surface area (Å²) in [6.07, 6.45) is -0.663. The molecule has 0 spiro atoms. The smallest absolute Gasteiger partial charge is 0.414 e. The van der Waals surface area contributed by atoms with Crippen LogP contribution in [0.25, 0.3) is 11.0 Å². The maximum absolute atomic E-state index is 13.0. The highest BCUT2D eigenvalue weighted by Gasteiger charge is 2.24. The fraction of sp³-hybridized carbons (Fsp3) is 0.238. The number of benzene rings is 2. The summed E-state index contributed by atoms with van der Waals surface area (Å²) in [5.74, 6) is 0.00675. The first-order chi connectivity index (χ1) is 15.4. The van der Waals surface area contributed by atoms with Gasteiger partial charge in [-0.1, -0.05) is 23.7 Å². The second-order valence-electron chi connectivity index (χ2n) is 7.35. The molecule has 4 N–H and O–H groups in total. The van der Waals surface area contributed by atoms with Crippen molar-refractivity contribution in [2.45, 2.75) is 17.5 Å². The number of amides is 1. The normalized spacial score (nSPS) is 12.5. The van der Waals surface area contributed by atoms with Gasteiger partial charge in [0.1, 0.15) is 5.58 Å². The van der Waals surface area contributed by atoms with E-state index in [9.17, 15) is 18.0 Å². The summed E-state index contributed by atoms with van der Waals surface area (Å²) in [5.41, 5.74) is 6.48. The number of ether oxygens (including phenoxy) is 2. The summed E-state index contributed by atoms with van der Waals surface area (Å²) in [5, 5.41) is 5.72. The summed E-state index contributed by atoms with van der Waals surface area (Å²) in [7, 11) is 0.473. The lowest BCUT2D eigenvalue weighted by Crippen LogP contribution is -2.25. The molecular weight excluding hydrogens is 474 g/mol. The molecule has 0 aliphatic carbocycles. The van der Waals surface area contributed by atoms with E-state index in [0.717, 1.165) is 0 Å². The largest absolute Gasteiger partial charge is 0.422 e. The van der Waals surface area contributed by atoms with Crippen molar-refractivity contribution in [2.24, 2.45) is 10.9 Å². The minimum absolute atomic E-state index is 0.00675. The van der Waals surface area contributed by atoms with Gasteiger partial charge in [0.2, 0.25) is 10.0 Å². The summed E-state index contributed by atoms with van der Waals surface area (Å²) in [4.78, 5) is 25.9. The van der Waals surface area contributed by atoms with E-state index < -0.39 is 27.8 Å². The van der Waals surface area contributed by atoms with E-state index >= 15 is 0 Å². The van der Waals surface area contributed by atoms with Gasteiger partial charge in [-0.15, -0.1) is 0 Å². The zero-order valence-electron chi connectivity index (χ0n) is 18.0. The Bertz CT molecular complexity index is 1390. The van der Waals surface area contributed by atoms with Crippen LogP contribution in [-0.2, 0) is 21.4 Å². The van der Waals surface area contributed by atoms with Crippen LogP contribution in [0, 0.1) is 0 Å². The third-order valence-electron chi connectivity index (χ3n) is 4.81. The molecule has 0 saturated carbocycles. The Morgan fingerprint density at radius 3 is 2.55 bits per heavy atom. The van der Waals surface area contributed by atoms with Crippen LogP contribution in [0.3, 0.4) is 0 Å². The van der Waals surface area contributed by atoms with Crippen LogP contribution >= 0.6 is 11.6 Å². The first-order valence-electron chi connectivity index (χ1n) is 9.49. The van der Waals surface area contributed by atoms with E-state index in [2.05, 4.69) is 0 Å². The van der Waals surface area contributed by atoms with Crippen molar-refractivity contribution in [1.29, 1.82) is 0 Å². The van der Waals surface area contributed by atoms with Crippen LogP contribution in [0.5, 0.6) is 5.75 Å². The van der Waals surface area contributed by atoms with Crippen LogP contribution in [0.2, 0.25) is 5.02 Å². The molecule has 0 bridgehead atoms. The van der Waals surface area contributed by atoms with Crippen molar-refractivity contribution >= 4 is 38.7 Å². The molecular formula is C21H22ClN3O7S. The third kappa shape index (κ3) is 5.18. The SMILES string of the molecule is COCc1c(C(N)c2cccc(S(N)(=O)=O)c2)c(=O)oc2cc(OC(=O)N(C)C)c(Cl)cc12. The highest BCUT2D eigenvalue weighted by atomic mass is 35.5. The fourth-order valence-electron chi connectivity index (χ4n) is 3.21. The molecule has 0 fully saturated rings. The van der Waals surface area contributed by atoms with Gasteiger partial charge in [0.15, 0.2) is 5.75 Å². The van der Waals surface area contributed by atoms with Gasteiger partial charge in [0, 0.05) is 38.2 Å². The standard InChI is InChI=1S/C21H22ClN3O7S/c1-25(2)21(27)32-17-9-16-13(8-15(17)22)14(10-30-3)18(20(26)31-16)19(23)11-5-4-6-12(7-11)33(24,28)29/h4-9,19H,10,23H2,1-3H3,(H2,24,28,29). The number of nitrogens with two attached hydrogens (primary N) is 2. The number of fused-ring (bicyclic) bond motifs is 1. The number of sulfonamides is 1. The molecule has 1 atom stereocenters. The number of halogens is 1. The van der Waals surface area contributed by atoms with Crippen LogP contribution in [0.1, 0.15) is 22.7 Å². The molecule has 176 valence electrons. The van der Waals surface area contributed by atoms with Gasteiger partial charge in [-0.3, -0.25) is 0 Å². The molecule has 1 unspecified atom stereocenters. The van der Waals surface area contributed by atoms with Crippen molar-refractivity contribution < 1.29 is 27.1 Å². The van der Waals surface area contributed by atoms with Gasteiger partial charge < -0.3 is 24.5 Å². The molecule has 1 aromatic heterocycles. The molecule has 12 heteroatoms. The van der Waals surface area contributed by atoms with Crippen molar-refractivity contribution in [3.05, 3.63) is 68.5 Å². The number of hydrogen-bond donors (Lipinski definition) is 2. The number of nitrogens with zero attached hydrogens (tertiary/aromatic N) is 1. The minimum atomic E-state index is -3.98. The summed E-state index contributed by atoms with van der Waals surface area (Å²) >= 11 is 6.32. The van der Waals surface area contributed by atoms with Gasteiger partial charge in [-0.25, -0.2) is 23.1 Å². The van der Waals surface area contributed by atoms with E-state index in [4.69, 9.17) is 36.4 Å². The first kappa shape index (κ1) is 24.7. The van der Waals surface area contributed by atoms with Crippen LogP contribution in [-0.4, -0.2) is 40.6 Å². The lowest BCUT2D eigenvalue weighted by atomic mass is 9.95. The molecule has 3 rings (SSSR count). The Morgan fingerprint density at radius 1 is 1.24 bits per heavy atom. The molecule has 3 aromatic rings. The van der Waals surface area contributed by atoms with Crippen molar-refractivity contribution in [3.8, 4) is 5.75 Å². The number of carbonyl (C=O) groups is 1. The lowest BCUT2D eigenvalue weighted by Gasteiger charge is -2.18. The van der Waals surface area contributed by atoms with Crippen molar-refractivity contribution in [2.75, 3.05) is 21.2 Å². The van der Waals surface area contributed by atoms with E-state index in [1.54, 1.807) is 6.07 Å². The topological polar surface area (TPSA) is 155 Å². The fourth-order valence-corrected chi connectivity index (χ4v) is 3.98. The molecule has 0 aliphatic heterocycles. The maximum atomic E-state index is 13.0. The third-order valence-corrected chi connectivity index (χ3v) is 6.02. The molecule has 33 heavy (non-hydrogen) atoms. The molecule has 0 saturated heterocycles. The molecule has 2 aromatic carbocycles. The average molecular weight is 496 g/mol. The first-order valence-corrected chi connectivity index (χ1v) is 11.4. The zero-order valence-corrected chi connectivity index (χ0v) is 19.6. The van der Waals surface area contributed by atoms with Gasteiger partial charge in [0.25, 0.3) is 0 Å². The lowest BCUT2D eigenvalue weighted by molar-refractivity contribution is 0.172. The van der Waals surface area contributed by atoms with Gasteiger partial charge in [-0.2, -0.15) is 0 Å². The van der Waals surface area contributed by atoms with E-state index in [1.807, 2.05) is 0 Å². The number of primary sulfonamides is 1. The van der Waals surface area contributed by atoms with Crippen molar-refractivity contribution in [1.82, 2.24) is 4.90 Å². The highest BCUT2D eigenvalue weighted by Crippen LogP contribution is 2.34. The van der Waals surface area contributed by atoms with Gasteiger partial charge in [-0.05, 0) is 23.8 Å². The molecule has 0 radical (unpaired) electrons. The monoisotopic (exact) mass is 495 g/mol. The van der Waals surface area contributed by atoms with E-state index in [-0.39, 0.29) is 33.4 Å². The Morgan fingerprint density at radius 2 is 1.94 bits per heavy atom. The maximum Gasteiger partial charge on any atom is 0.414 e. The van der Waals surface area contributed by atoms with Crippen LogP contribution in [0.4, 0.5) is 4.79 Å². The number of hydrogen-bond acceptors (Lipinski definition) is 8. The number of rotatable bonds is 6. The zero-order chi connectivity index (χ0) is 24.5. The Hall–Kier alpha value is -2.96. The predicted molar refractivity (Wildman–Crippen MR) is 122 cm³/mol. The van der Waals surface area contributed by atoms with Gasteiger partial charge >= 0.3 is 11.7 Å². The van der Waals surface area contributed by atoms with E-state index in [0.29, 0.717) is 16.5 Å². The summed E-state index contributed by atoms with van der Waals surface area (Å²) < 4.78 is 39.4. The van der Waals surface area contributed by atoms with Crippen LogP contribution in [0.15, 0.2) is 50.5 Å². The molecule has 0 aliphatic rings. The minimum Gasteiger partial charge on any atom is -0.422 e. The Labute approximate surface area is 194 Å². The average Bonchev–Trinajstić information content (AvgIpc) is 2.74. The number of methoxy groups -OCH3 is 1. The van der Waals surface area contributed by atoms with E-state index in [1.165, 1.54) is 56.4 Å². The molecule has 10 nitrogen and oxygen atoms in total. The highest BCUT2D eigenvalue weighted by molar-refractivity contribution is 7.89. The summed E-state index contributed by atoms with van der Waals surface area (Å²) in [6.45, 7) is -0.0207.